The Morgan fingerprint density at radius 1 is 1.27 bits per heavy atom. The molecule has 1 aromatic carbocycles. The molecule has 0 atom stereocenters. The number of nitrogens with one attached hydrogen (secondary N) is 1. The molecule has 1 saturated heterocycles. The second-order valence-electron chi connectivity index (χ2n) is 8.58. The van der Waals surface area contributed by atoms with Crippen molar-refractivity contribution in [1.82, 2.24) is 19.7 Å². The second kappa shape index (κ2) is 10.2. The molecule has 30 heavy (non-hydrogen) atoms. The van der Waals surface area contributed by atoms with E-state index in [9.17, 15) is 4.79 Å². The van der Waals surface area contributed by atoms with E-state index in [1.165, 1.54) is 5.56 Å². The highest BCUT2D eigenvalue weighted by molar-refractivity contribution is 7.71. The van der Waals surface area contributed by atoms with E-state index in [-0.39, 0.29) is 11.9 Å². The Labute approximate surface area is 184 Å². The Kier molecular flexibility index (Phi) is 7.69. The molecule has 1 aliphatic rings. The SMILES string of the molecule is Cc1ccc(C)c(OCCCCC(=O)N2CCC(c3n[nH]c(=S)n3C(C)C)CC2)c1. The molecule has 0 unspecified atom stereocenters. The number of piperidine rings is 1. The maximum absolute atomic E-state index is 12.6. The van der Waals surface area contributed by atoms with Crippen LogP contribution in [0.5, 0.6) is 5.75 Å². The lowest BCUT2D eigenvalue weighted by Crippen LogP contribution is -2.38. The first-order chi connectivity index (χ1) is 14.4. The minimum atomic E-state index is 0.253. The first kappa shape index (κ1) is 22.5. The number of ether oxygens (including phenoxy) is 1. The van der Waals surface area contributed by atoms with Crippen molar-refractivity contribution in [3.63, 3.8) is 0 Å². The zero-order chi connectivity index (χ0) is 21.7. The highest BCUT2D eigenvalue weighted by Gasteiger charge is 2.27. The van der Waals surface area contributed by atoms with E-state index in [4.69, 9.17) is 17.0 Å². The number of carbonyl (C=O) groups is 1. The number of aromatic amines is 1. The van der Waals surface area contributed by atoms with Crippen LogP contribution in [-0.4, -0.2) is 45.3 Å². The number of unbranched alkanes of at least 4 members (excludes halogenated alkanes) is 1. The van der Waals surface area contributed by atoms with Crippen molar-refractivity contribution in [2.45, 2.75) is 71.8 Å². The molecular formula is C23H34N4O2S. The summed E-state index contributed by atoms with van der Waals surface area (Å²) in [4.78, 5) is 14.6. The molecule has 7 heteroatoms. The van der Waals surface area contributed by atoms with Gasteiger partial charge in [0.15, 0.2) is 4.77 Å². The van der Waals surface area contributed by atoms with Crippen LogP contribution in [0.1, 0.15) is 74.9 Å². The molecule has 1 aromatic heterocycles. The van der Waals surface area contributed by atoms with Crippen LogP contribution in [0, 0.1) is 18.6 Å². The van der Waals surface area contributed by atoms with Crippen LogP contribution in [0.4, 0.5) is 0 Å². The number of benzene rings is 1. The highest BCUT2D eigenvalue weighted by Crippen LogP contribution is 2.29. The molecule has 1 amide bonds. The predicted molar refractivity (Wildman–Crippen MR) is 122 cm³/mol. The molecule has 0 spiro atoms. The van der Waals surface area contributed by atoms with Crippen LogP contribution in [0.15, 0.2) is 18.2 Å². The summed E-state index contributed by atoms with van der Waals surface area (Å²) in [5.74, 6) is 2.59. The standard InChI is InChI=1S/C23H34N4O2S/c1-16(2)27-22(24-25-23(27)30)19-10-12-26(13-11-19)21(28)7-5-6-14-29-20-15-17(3)8-9-18(20)4/h8-9,15-16,19H,5-7,10-14H2,1-4H3,(H,25,30). The number of nitrogens with zero attached hydrogens (tertiary/aromatic N) is 3. The van der Waals surface area contributed by atoms with Gasteiger partial charge in [-0.15, -0.1) is 0 Å². The van der Waals surface area contributed by atoms with Crippen LogP contribution in [-0.2, 0) is 4.79 Å². The monoisotopic (exact) mass is 430 g/mol. The molecule has 164 valence electrons. The fourth-order valence-electron chi connectivity index (χ4n) is 4.07. The highest BCUT2D eigenvalue weighted by atomic mass is 32.1. The summed E-state index contributed by atoms with van der Waals surface area (Å²) in [6.45, 7) is 10.6. The van der Waals surface area contributed by atoms with Crippen molar-refractivity contribution in [1.29, 1.82) is 0 Å². The van der Waals surface area contributed by atoms with Gasteiger partial charge in [0.05, 0.1) is 6.61 Å². The fourth-order valence-corrected chi connectivity index (χ4v) is 4.42. The summed E-state index contributed by atoms with van der Waals surface area (Å²) >= 11 is 5.37. The Hall–Kier alpha value is -2.15. The minimum absolute atomic E-state index is 0.253. The zero-order valence-electron chi connectivity index (χ0n) is 18.6. The molecule has 1 aliphatic heterocycles. The van der Waals surface area contributed by atoms with Gasteiger partial charge in [-0.2, -0.15) is 5.10 Å². The maximum atomic E-state index is 12.6. The number of aryl methyl sites for hydroxylation is 2. The van der Waals surface area contributed by atoms with Gasteiger partial charge in [0.25, 0.3) is 0 Å². The molecule has 3 rings (SSSR count). The Balaban J connectivity index is 1.39. The number of carbonyl (C=O) groups excluding carboxylic acids is 1. The van der Waals surface area contributed by atoms with Gasteiger partial charge in [-0.05, 0) is 82.8 Å². The molecule has 0 bridgehead atoms. The van der Waals surface area contributed by atoms with E-state index < -0.39 is 0 Å². The van der Waals surface area contributed by atoms with Gasteiger partial charge >= 0.3 is 0 Å². The third-order valence-corrected chi connectivity index (χ3v) is 6.14. The predicted octanol–water partition coefficient (Wildman–Crippen LogP) is 5.09. The van der Waals surface area contributed by atoms with Crippen molar-refractivity contribution in [2.75, 3.05) is 19.7 Å². The number of aromatic nitrogens is 3. The summed E-state index contributed by atoms with van der Waals surface area (Å²) in [5.41, 5.74) is 2.35. The van der Waals surface area contributed by atoms with Crippen molar-refractivity contribution < 1.29 is 9.53 Å². The zero-order valence-corrected chi connectivity index (χ0v) is 19.4. The molecule has 1 N–H and O–H groups in total. The molecule has 0 radical (unpaired) electrons. The normalized spacial score (nSPS) is 15.0. The van der Waals surface area contributed by atoms with E-state index in [2.05, 4.69) is 60.7 Å². The number of hydrogen-bond acceptors (Lipinski definition) is 4. The van der Waals surface area contributed by atoms with E-state index >= 15 is 0 Å². The van der Waals surface area contributed by atoms with Crippen LogP contribution in [0.2, 0.25) is 0 Å². The third kappa shape index (κ3) is 5.50. The fraction of sp³-hybridized carbons (Fsp3) is 0.609. The largest absolute Gasteiger partial charge is 0.493 e. The molecule has 0 aliphatic carbocycles. The van der Waals surface area contributed by atoms with Crippen LogP contribution >= 0.6 is 12.2 Å². The van der Waals surface area contributed by atoms with Gasteiger partial charge in [-0.1, -0.05) is 12.1 Å². The quantitative estimate of drug-likeness (QED) is 0.468. The summed E-state index contributed by atoms with van der Waals surface area (Å²) in [6, 6.07) is 6.53. The lowest BCUT2D eigenvalue weighted by atomic mass is 9.95. The van der Waals surface area contributed by atoms with Crippen LogP contribution < -0.4 is 4.74 Å². The van der Waals surface area contributed by atoms with Gasteiger partial charge in [0.2, 0.25) is 5.91 Å². The van der Waals surface area contributed by atoms with Gasteiger partial charge in [-0.25, -0.2) is 0 Å². The minimum Gasteiger partial charge on any atom is -0.493 e. The molecule has 6 nitrogen and oxygen atoms in total. The Bertz CT molecular complexity index is 910. The summed E-state index contributed by atoms with van der Waals surface area (Å²) < 4.78 is 8.68. The van der Waals surface area contributed by atoms with Gasteiger partial charge < -0.3 is 14.2 Å². The lowest BCUT2D eigenvalue weighted by molar-refractivity contribution is -0.132. The van der Waals surface area contributed by atoms with E-state index in [1.54, 1.807) is 0 Å². The topological polar surface area (TPSA) is 63.1 Å². The van der Waals surface area contributed by atoms with E-state index in [1.807, 2.05) is 4.90 Å². The van der Waals surface area contributed by atoms with Crippen molar-refractivity contribution in [2.24, 2.45) is 0 Å². The molecule has 1 fully saturated rings. The van der Waals surface area contributed by atoms with Crippen molar-refractivity contribution >= 4 is 18.1 Å². The molecular weight excluding hydrogens is 396 g/mol. The third-order valence-electron chi connectivity index (χ3n) is 5.85. The first-order valence-corrected chi connectivity index (χ1v) is 11.4. The van der Waals surface area contributed by atoms with Crippen molar-refractivity contribution in [3.8, 4) is 5.75 Å². The van der Waals surface area contributed by atoms with E-state index in [0.717, 1.165) is 55.9 Å². The Morgan fingerprint density at radius 2 is 2.00 bits per heavy atom. The van der Waals surface area contributed by atoms with Crippen molar-refractivity contribution in [3.05, 3.63) is 39.9 Å². The van der Waals surface area contributed by atoms with E-state index in [0.29, 0.717) is 23.7 Å². The summed E-state index contributed by atoms with van der Waals surface area (Å²) in [7, 11) is 0. The number of hydrogen-bond donors (Lipinski definition) is 1. The second-order valence-corrected chi connectivity index (χ2v) is 8.97. The average Bonchev–Trinajstić information content (AvgIpc) is 3.12. The molecule has 0 saturated carbocycles. The van der Waals surface area contributed by atoms with Crippen LogP contribution in [0.3, 0.4) is 0 Å². The number of likely N-dealkylation sites (tertiary alicyclic amines) is 1. The average molecular weight is 431 g/mol. The molecule has 2 aromatic rings. The number of amides is 1. The number of rotatable bonds is 8. The maximum Gasteiger partial charge on any atom is 0.222 e. The molecule has 2 heterocycles. The number of H-pyrrole nitrogens is 1. The van der Waals surface area contributed by atoms with Crippen LogP contribution in [0.25, 0.3) is 0 Å². The lowest BCUT2D eigenvalue weighted by Gasteiger charge is -2.32. The Morgan fingerprint density at radius 3 is 2.70 bits per heavy atom. The summed E-state index contributed by atoms with van der Waals surface area (Å²) in [6.07, 6.45) is 4.21. The van der Waals surface area contributed by atoms with Gasteiger partial charge in [-0.3, -0.25) is 9.89 Å². The van der Waals surface area contributed by atoms with Gasteiger partial charge in [0, 0.05) is 31.5 Å². The first-order valence-electron chi connectivity index (χ1n) is 11.0. The van der Waals surface area contributed by atoms with Gasteiger partial charge in [0.1, 0.15) is 11.6 Å². The summed E-state index contributed by atoms with van der Waals surface area (Å²) in [5, 5.41) is 7.40. The smallest absolute Gasteiger partial charge is 0.222 e.